The van der Waals surface area contributed by atoms with Crippen LogP contribution in [0.2, 0.25) is 0 Å². The molecular weight excluding hydrogens is 308 g/mol. The standard InChI is InChI=1S/C18H24N2O4/c1-18(2,3)24-17(22)12-6-5-11-7-15-14(8-13(11)19-9-12)20(4)16(21)10-23-15/h7-8,12,19H,5-6,9-10H2,1-4H3. The molecule has 0 radical (unpaired) electrons. The molecule has 2 aliphatic heterocycles. The summed E-state index contributed by atoms with van der Waals surface area (Å²) in [4.78, 5) is 25.7. The Hall–Kier alpha value is -2.24. The average Bonchev–Trinajstić information content (AvgIpc) is 2.70. The van der Waals surface area contributed by atoms with Gasteiger partial charge in [0.25, 0.3) is 5.91 Å². The van der Waals surface area contributed by atoms with Gasteiger partial charge in [0, 0.05) is 19.3 Å². The second-order valence-corrected chi connectivity index (χ2v) is 7.37. The molecule has 0 aromatic heterocycles. The molecule has 0 spiro atoms. The minimum Gasteiger partial charge on any atom is -0.482 e. The smallest absolute Gasteiger partial charge is 0.311 e. The van der Waals surface area contributed by atoms with Crippen molar-refractivity contribution in [3.05, 3.63) is 17.7 Å². The van der Waals surface area contributed by atoms with E-state index in [4.69, 9.17) is 9.47 Å². The van der Waals surface area contributed by atoms with Gasteiger partial charge in [0.05, 0.1) is 11.6 Å². The molecule has 0 bridgehead atoms. The molecular formula is C18H24N2O4. The van der Waals surface area contributed by atoms with Gasteiger partial charge in [-0.3, -0.25) is 9.59 Å². The van der Waals surface area contributed by atoms with Crippen molar-refractivity contribution >= 4 is 23.3 Å². The lowest BCUT2D eigenvalue weighted by Gasteiger charge is -2.27. The van der Waals surface area contributed by atoms with E-state index in [1.54, 1.807) is 11.9 Å². The molecule has 0 aliphatic carbocycles. The lowest BCUT2D eigenvalue weighted by molar-refractivity contribution is -0.159. The third-order valence-corrected chi connectivity index (χ3v) is 4.31. The number of aryl methyl sites for hydroxylation is 1. The minimum absolute atomic E-state index is 0.0657. The summed E-state index contributed by atoms with van der Waals surface area (Å²) in [5, 5.41) is 3.33. The molecule has 1 N–H and O–H groups in total. The zero-order valence-electron chi connectivity index (χ0n) is 14.6. The first-order valence-electron chi connectivity index (χ1n) is 8.27. The molecule has 0 saturated carbocycles. The number of anilines is 2. The van der Waals surface area contributed by atoms with Crippen LogP contribution in [0.1, 0.15) is 32.8 Å². The van der Waals surface area contributed by atoms with Crippen LogP contribution in [0.15, 0.2) is 12.1 Å². The average molecular weight is 332 g/mol. The van der Waals surface area contributed by atoms with Crippen molar-refractivity contribution in [3.8, 4) is 5.75 Å². The molecule has 2 aliphatic rings. The van der Waals surface area contributed by atoms with Crippen molar-refractivity contribution in [2.45, 2.75) is 39.2 Å². The van der Waals surface area contributed by atoms with Gasteiger partial charge in [-0.2, -0.15) is 0 Å². The normalized spacial score (nSPS) is 20.2. The van der Waals surface area contributed by atoms with E-state index in [1.165, 1.54) is 0 Å². The van der Waals surface area contributed by atoms with Crippen LogP contribution in [0.25, 0.3) is 0 Å². The van der Waals surface area contributed by atoms with Crippen LogP contribution in [-0.4, -0.2) is 37.7 Å². The Morgan fingerprint density at radius 3 is 2.83 bits per heavy atom. The maximum absolute atomic E-state index is 12.3. The summed E-state index contributed by atoms with van der Waals surface area (Å²) < 4.78 is 11.0. The number of esters is 1. The number of benzene rings is 1. The Kier molecular flexibility index (Phi) is 4.15. The van der Waals surface area contributed by atoms with Gasteiger partial charge in [0.1, 0.15) is 11.4 Å². The number of rotatable bonds is 1. The topological polar surface area (TPSA) is 67.9 Å². The molecule has 1 aromatic rings. The lowest BCUT2D eigenvalue weighted by atomic mass is 10.00. The van der Waals surface area contributed by atoms with Crippen LogP contribution in [0, 0.1) is 5.92 Å². The summed E-state index contributed by atoms with van der Waals surface area (Å²) in [6.07, 6.45) is 1.49. The number of carbonyl (C=O) groups excluding carboxylic acids is 2. The van der Waals surface area contributed by atoms with E-state index >= 15 is 0 Å². The number of nitrogens with one attached hydrogen (secondary N) is 1. The SMILES string of the molecule is CN1C(=O)COc2cc3c(cc21)NCC(C(=O)OC(C)(C)C)CC3. The summed E-state index contributed by atoms with van der Waals surface area (Å²) in [5.74, 6) is 0.293. The van der Waals surface area contributed by atoms with E-state index in [9.17, 15) is 9.59 Å². The van der Waals surface area contributed by atoms with Crippen LogP contribution in [0.3, 0.4) is 0 Å². The molecule has 6 nitrogen and oxygen atoms in total. The van der Waals surface area contributed by atoms with Crippen LogP contribution < -0.4 is 15.0 Å². The van der Waals surface area contributed by atoms with Gasteiger partial charge in [0.15, 0.2) is 6.61 Å². The van der Waals surface area contributed by atoms with E-state index in [2.05, 4.69) is 5.32 Å². The van der Waals surface area contributed by atoms with Gasteiger partial charge in [-0.05, 0) is 51.3 Å². The zero-order chi connectivity index (χ0) is 17.5. The number of amides is 1. The summed E-state index contributed by atoms with van der Waals surface area (Å²) in [6, 6.07) is 3.90. The van der Waals surface area contributed by atoms with Crippen molar-refractivity contribution in [2.75, 3.05) is 30.4 Å². The van der Waals surface area contributed by atoms with Crippen molar-refractivity contribution in [1.82, 2.24) is 0 Å². The largest absolute Gasteiger partial charge is 0.482 e. The fraction of sp³-hybridized carbons (Fsp3) is 0.556. The maximum Gasteiger partial charge on any atom is 0.311 e. The number of ether oxygens (including phenoxy) is 2. The Labute approximate surface area is 142 Å². The highest BCUT2D eigenvalue weighted by Crippen LogP contribution is 2.38. The monoisotopic (exact) mass is 332 g/mol. The molecule has 1 amide bonds. The zero-order valence-corrected chi connectivity index (χ0v) is 14.6. The third-order valence-electron chi connectivity index (χ3n) is 4.31. The number of hydrogen-bond donors (Lipinski definition) is 1. The number of fused-ring (bicyclic) bond motifs is 2. The summed E-state index contributed by atoms with van der Waals surface area (Å²) in [5.41, 5.74) is 2.33. The van der Waals surface area contributed by atoms with E-state index in [0.29, 0.717) is 12.3 Å². The van der Waals surface area contributed by atoms with Gasteiger partial charge < -0.3 is 19.7 Å². The molecule has 3 rings (SSSR count). The van der Waals surface area contributed by atoms with Crippen LogP contribution in [-0.2, 0) is 20.7 Å². The quantitative estimate of drug-likeness (QED) is 0.800. The number of likely N-dealkylation sites (N-methyl/N-ethyl adjacent to an activating group) is 1. The van der Waals surface area contributed by atoms with E-state index < -0.39 is 5.60 Å². The highest BCUT2D eigenvalue weighted by molar-refractivity contribution is 5.98. The summed E-state index contributed by atoms with van der Waals surface area (Å²) in [7, 11) is 1.75. The number of carbonyl (C=O) groups is 2. The van der Waals surface area contributed by atoms with Crippen molar-refractivity contribution in [1.29, 1.82) is 0 Å². The fourth-order valence-corrected chi connectivity index (χ4v) is 2.98. The molecule has 0 saturated heterocycles. The molecule has 2 heterocycles. The highest BCUT2D eigenvalue weighted by atomic mass is 16.6. The third kappa shape index (κ3) is 3.32. The van der Waals surface area contributed by atoms with Crippen LogP contribution in [0.4, 0.5) is 11.4 Å². The van der Waals surface area contributed by atoms with Crippen molar-refractivity contribution < 1.29 is 19.1 Å². The minimum atomic E-state index is -0.480. The van der Waals surface area contributed by atoms with Gasteiger partial charge in [-0.15, -0.1) is 0 Å². The van der Waals surface area contributed by atoms with Crippen molar-refractivity contribution in [2.24, 2.45) is 5.92 Å². The predicted octanol–water partition coefficient (Wildman–Crippen LogP) is 2.36. The Bertz CT molecular complexity index is 678. The van der Waals surface area contributed by atoms with E-state index in [-0.39, 0.29) is 24.4 Å². The summed E-state index contributed by atoms with van der Waals surface area (Å²) in [6.45, 7) is 6.22. The Morgan fingerprint density at radius 2 is 2.12 bits per heavy atom. The molecule has 6 heteroatoms. The second kappa shape index (κ2) is 6.00. The molecule has 1 aromatic carbocycles. The first kappa shape index (κ1) is 16.6. The highest BCUT2D eigenvalue weighted by Gasteiger charge is 2.29. The molecule has 1 unspecified atom stereocenters. The maximum atomic E-state index is 12.3. The van der Waals surface area contributed by atoms with Crippen LogP contribution >= 0.6 is 0 Å². The summed E-state index contributed by atoms with van der Waals surface area (Å²) >= 11 is 0. The molecule has 0 fully saturated rings. The number of hydrogen-bond acceptors (Lipinski definition) is 5. The molecule has 130 valence electrons. The van der Waals surface area contributed by atoms with E-state index in [0.717, 1.165) is 29.8 Å². The molecule has 1 atom stereocenters. The van der Waals surface area contributed by atoms with Gasteiger partial charge in [0.2, 0.25) is 0 Å². The van der Waals surface area contributed by atoms with Crippen LogP contribution in [0.5, 0.6) is 5.75 Å². The van der Waals surface area contributed by atoms with Gasteiger partial charge in [-0.25, -0.2) is 0 Å². The Balaban J connectivity index is 1.79. The first-order chi connectivity index (χ1) is 11.2. The first-order valence-corrected chi connectivity index (χ1v) is 8.27. The van der Waals surface area contributed by atoms with Gasteiger partial charge in [-0.1, -0.05) is 0 Å². The predicted molar refractivity (Wildman–Crippen MR) is 91.5 cm³/mol. The van der Waals surface area contributed by atoms with E-state index in [1.807, 2.05) is 32.9 Å². The molecule has 24 heavy (non-hydrogen) atoms. The van der Waals surface area contributed by atoms with Crippen molar-refractivity contribution in [3.63, 3.8) is 0 Å². The Morgan fingerprint density at radius 1 is 1.38 bits per heavy atom. The van der Waals surface area contributed by atoms with Gasteiger partial charge >= 0.3 is 5.97 Å². The second-order valence-electron chi connectivity index (χ2n) is 7.37. The lowest BCUT2D eigenvalue weighted by Crippen LogP contribution is -2.35. The fourth-order valence-electron chi connectivity index (χ4n) is 2.98. The number of nitrogens with zero attached hydrogens (tertiary/aromatic N) is 1.